The molecule has 3 aromatic rings. The van der Waals surface area contributed by atoms with E-state index in [0.29, 0.717) is 30.2 Å². The van der Waals surface area contributed by atoms with Crippen molar-refractivity contribution in [2.24, 2.45) is 0 Å². The lowest BCUT2D eigenvalue weighted by atomic mass is 9.93. The molecule has 9 heteroatoms. The molecular formula is C26H28ClN5O3. The third-order valence-corrected chi connectivity index (χ3v) is 6.54. The molecule has 0 bridgehead atoms. The van der Waals surface area contributed by atoms with Gasteiger partial charge in [0.05, 0.1) is 23.6 Å². The van der Waals surface area contributed by atoms with Crippen LogP contribution in [-0.4, -0.2) is 44.3 Å². The summed E-state index contributed by atoms with van der Waals surface area (Å²) in [5.74, 6) is -1.21. The highest BCUT2D eigenvalue weighted by atomic mass is 35.5. The minimum absolute atomic E-state index is 0.00173. The molecule has 3 amide bonds. The fraction of sp³-hybridized carbons (Fsp3) is 0.308. The Morgan fingerprint density at radius 1 is 1.14 bits per heavy atom. The van der Waals surface area contributed by atoms with E-state index >= 15 is 0 Å². The summed E-state index contributed by atoms with van der Waals surface area (Å²) < 4.78 is 1.58. The molecule has 1 unspecified atom stereocenters. The zero-order chi connectivity index (χ0) is 25.2. The summed E-state index contributed by atoms with van der Waals surface area (Å²) >= 11 is 6.16. The Morgan fingerprint density at radius 3 is 2.54 bits per heavy atom. The van der Waals surface area contributed by atoms with Gasteiger partial charge in [-0.15, -0.1) is 0 Å². The number of fused-ring (bicyclic) bond motifs is 1. The molecule has 1 aliphatic rings. The van der Waals surface area contributed by atoms with Crippen molar-refractivity contribution < 1.29 is 14.4 Å². The summed E-state index contributed by atoms with van der Waals surface area (Å²) in [6.45, 7) is 6.59. The third kappa shape index (κ3) is 4.79. The van der Waals surface area contributed by atoms with Crippen LogP contribution in [0.3, 0.4) is 0 Å². The first-order valence-corrected chi connectivity index (χ1v) is 11.9. The second kappa shape index (κ2) is 9.92. The number of anilines is 1. The molecule has 0 saturated heterocycles. The van der Waals surface area contributed by atoms with E-state index in [4.69, 9.17) is 11.6 Å². The molecule has 1 atom stereocenters. The number of carbonyl (C=O) groups is 3. The van der Waals surface area contributed by atoms with E-state index in [1.807, 2.05) is 38.1 Å². The summed E-state index contributed by atoms with van der Waals surface area (Å²) in [6, 6.07) is 14.7. The topological polar surface area (TPSA) is 96.3 Å². The number of hydrogen-bond acceptors (Lipinski definition) is 4. The van der Waals surface area contributed by atoms with Crippen LogP contribution in [0.1, 0.15) is 52.4 Å². The fourth-order valence-electron chi connectivity index (χ4n) is 4.25. The maximum absolute atomic E-state index is 13.6. The molecular weight excluding hydrogens is 466 g/mol. The quantitative estimate of drug-likeness (QED) is 0.519. The molecule has 2 heterocycles. The van der Waals surface area contributed by atoms with Crippen LogP contribution in [0.5, 0.6) is 0 Å². The van der Waals surface area contributed by atoms with Crippen LogP contribution >= 0.6 is 11.6 Å². The summed E-state index contributed by atoms with van der Waals surface area (Å²) in [4.78, 5) is 45.8. The molecule has 2 N–H and O–H groups in total. The van der Waals surface area contributed by atoms with Gasteiger partial charge >= 0.3 is 0 Å². The van der Waals surface area contributed by atoms with Crippen LogP contribution < -0.4 is 10.6 Å². The highest BCUT2D eigenvalue weighted by Gasteiger charge is 2.48. The molecule has 0 fully saturated rings. The maximum atomic E-state index is 13.6. The molecule has 1 aromatic heterocycles. The number of rotatable bonds is 7. The average molecular weight is 494 g/mol. The van der Waals surface area contributed by atoms with Crippen LogP contribution in [0.15, 0.2) is 54.9 Å². The smallest absolute Gasteiger partial charge is 0.276 e. The fourth-order valence-corrected chi connectivity index (χ4v) is 4.43. The van der Waals surface area contributed by atoms with E-state index in [-0.39, 0.29) is 23.8 Å². The van der Waals surface area contributed by atoms with Crippen LogP contribution in [-0.2, 0) is 17.9 Å². The molecule has 182 valence electrons. The Balaban J connectivity index is 1.59. The summed E-state index contributed by atoms with van der Waals surface area (Å²) in [5.41, 5.74) is 1.56. The summed E-state index contributed by atoms with van der Waals surface area (Å²) in [5, 5.41) is 6.08. The van der Waals surface area contributed by atoms with E-state index in [9.17, 15) is 14.4 Å². The van der Waals surface area contributed by atoms with Gasteiger partial charge < -0.3 is 20.1 Å². The maximum Gasteiger partial charge on any atom is 0.276 e. The molecule has 4 rings (SSSR count). The molecule has 0 radical (unpaired) electrons. The summed E-state index contributed by atoms with van der Waals surface area (Å²) in [6.07, 6.45) is 2.09. The average Bonchev–Trinajstić information content (AvgIpc) is 3.26. The minimum Gasteiger partial charge on any atom is -0.350 e. The predicted molar refractivity (Wildman–Crippen MR) is 134 cm³/mol. The van der Waals surface area contributed by atoms with E-state index in [2.05, 4.69) is 15.6 Å². The van der Waals surface area contributed by atoms with E-state index < -0.39 is 17.4 Å². The SMILES string of the molecule is CCCN1C(=O)c2c(C(=O)Nc3ccccc3Cl)ncn2CC1(C)C(=O)NCc1ccc(C)cc1. The lowest BCUT2D eigenvalue weighted by Crippen LogP contribution is -2.64. The lowest BCUT2D eigenvalue weighted by molar-refractivity contribution is -0.133. The predicted octanol–water partition coefficient (Wildman–Crippen LogP) is 4.04. The van der Waals surface area contributed by atoms with E-state index in [0.717, 1.165) is 11.1 Å². The number of aryl methyl sites for hydroxylation is 1. The van der Waals surface area contributed by atoms with Gasteiger partial charge in [-0.1, -0.05) is 60.5 Å². The largest absolute Gasteiger partial charge is 0.350 e. The Hall–Kier alpha value is -3.65. The number of amides is 3. The Kier molecular flexibility index (Phi) is 6.93. The Labute approximate surface area is 209 Å². The number of hydrogen-bond donors (Lipinski definition) is 2. The lowest BCUT2D eigenvalue weighted by Gasteiger charge is -2.43. The van der Waals surface area contributed by atoms with Gasteiger partial charge in [-0.05, 0) is 38.0 Å². The second-order valence-electron chi connectivity index (χ2n) is 8.90. The van der Waals surface area contributed by atoms with Gasteiger partial charge in [0.15, 0.2) is 5.69 Å². The van der Waals surface area contributed by atoms with Gasteiger partial charge in [-0.2, -0.15) is 0 Å². The summed E-state index contributed by atoms with van der Waals surface area (Å²) in [7, 11) is 0. The number of para-hydroxylation sites is 1. The number of nitrogens with zero attached hydrogens (tertiary/aromatic N) is 3. The standard InChI is InChI=1S/C26H28ClN5O3/c1-4-13-32-24(34)22-21(23(33)30-20-8-6-5-7-19(20)27)29-16-31(22)15-26(32,3)25(35)28-14-18-11-9-17(2)10-12-18/h5-12,16H,4,13-15H2,1-3H3,(H,28,35)(H,30,33). The number of aromatic nitrogens is 2. The van der Waals surface area contributed by atoms with Crippen molar-refractivity contribution >= 4 is 35.0 Å². The molecule has 8 nitrogen and oxygen atoms in total. The zero-order valence-electron chi connectivity index (χ0n) is 20.0. The molecule has 0 spiro atoms. The van der Waals surface area contributed by atoms with E-state index in [1.165, 1.54) is 6.33 Å². The van der Waals surface area contributed by atoms with Gasteiger partial charge in [-0.25, -0.2) is 4.98 Å². The van der Waals surface area contributed by atoms with Crippen LogP contribution in [0, 0.1) is 6.92 Å². The van der Waals surface area contributed by atoms with Crippen LogP contribution in [0.2, 0.25) is 5.02 Å². The first-order chi connectivity index (χ1) is 16.7. The van der Waals surface area contributed by atoms with Crippen molar-refractivity contribution in [1.82, 2.24) is 19.8 Å². The molecule has 35 heavy (non-hydrogen) atoms. The van der Waals surface area contributed by atoms with Crippen molar-refractivity contribution in [3.63, 3.8) is 0 Å². The number of benzene rings is 2. The first-order valence-electron chi connectivity index (χ1n) is 11.5. The van der Waals surface area contributed by atoms with E-state index in [1.54, 1.807) is 40.7 Å². The second-order valence-corrected chi connectivity index (χ2v) is 9.31. The van der Waals surface area contributed by atoms with Crippen LogP contribution in [0.25, 0.3) is 0 Å². The molecule has 0 aliphatic carbocycles. The van der Waals surface area contributed by atoms with Gasteiger partial charge in [0, 0.05) is 13.1 Å². The van der Waals surface area contributed by atoms with Gasteiger partial charge in [-0.3, -0.25) is 14.4 Å². The molecule has 2 aromatic carbocycles. The molecule has 0 saturated carbocycles. The minimum atomic E-state index is -1.14. The van der Waals surface area contributed by atoms with Crippen LogP contribution in [0.4, 0.5) is 5.69 Å². The van der Waals surface area contributed by atoms with Gasteiger partial charge in [0.1, 0.15) is 11.2 Å². The molecule has 1 aliphatic heterocycles. The Morgan fingerprint density at radius 2 is 1.86 bits per heavy atom. The highest BCUT2D eigenvalue weighted by molar-refractivity contribution is 6.34. The monoisotopic (exact) mass is 493 g/mol. The van der Waals surface area contributed by atoms with Crippen molar-refractivity contribution in [2.45, 2.75) is 45.8 Å². The van der Waals surface area contributed by atoms with Gasteiger partial charge in [0.2, 0.25) is 5.91 Å². The number of imidazole rings is 1. The van der Waals surface area contributed by atoms with Crippen molar-refractivity contribution in [3.05, 3.63) is 82.4 Å². The van der Waals surface area contributed by atoms with Gasteiger partial charge in [0.25, 0.3) is 11.8 Å². The zero-order valence-corrected chi connectivity index (χ0v) is 20.7. The normalized spacial score (nSPS) is 17.1. The van der Waals surface area contributed by atoms with Crippen molar-refractivity contribution in [2.75, 3.05) is 11.9 Å². The number of halogens is 1. The number of nitrogens with one attached hydrogen (secondary N) is 2. The third-order valence-electron chi connectivity index (χ3n) is 6.21. The Bertz CT molecular complexity index is 1270. The number of carbonyl (C=O) groups excluding carboxylic acids is 3. The van der Waals surface area contributed by atoms with Crippen molar-refractivity contribution in [3.8, 4) is 0 Å². The highest BCUT2D eigenvalue weighted by Crippen LogP contribution is 2.30. The van der Waals surface area contributed by atoms with Crippen molar-refractivity contribution in [1.29, 1.82) is 0 Å². The first kappa shape index (κ1) is 24.5.